The Kier molecular flexibility index (Phi) is 4.14. The molecule has 2 aromatic rings. The van der Waals surface area contributed by atoms with E-state index < -0.39 is 5.97 Å². The number of aromatic nitrogens is 2. The molecule has 2 heterocycles. The first-order valence-electron chi connectivity index (χ1n) is 5.96. The fraction of sp³-hybridized carbons (Fsp3) is 0.333. The summed E-state index contributed by atoms with van der Waals surface area (Å²) < 4.78 is 0. The van der Waals surface area contributed by atoms with Crippen molar-refractivity contribution in [3.8, 4) is 0 Å². The number of carbonyl (C=O) groups is 2. The number of aryl methyl sites for hydroxylation is 1. The summed E-state index contributed by atoms with van der Waals surface area (Å²) in [4.78, 5) is 31.0. The second kappa shape index (κ2) is 5.83. The number of carboxylic acid groups (broad SMARTS) is 1. The van der Waals surface area contributed by atoms with Gasteiger partial charge in [-0.1, -0.05) is 0 Å². The van der Waals surface area contributed by atoms with Crippen molar-refractivity contribution >= 4 is 39.2 Å². The minimum atomic E-state index is -0.963. The summed E-state index contributed by atoms with van der Waals surface area (Å²) in [6.07, 6.45) is 1.39. The van der Waals surface area contributed by atoms with Crippen LogP contribution in [0.3, 0.4) is 0 Å². The number of thiophene rings is 1. The van der Waals surface area contributed by atoms with Gasteiger partial charge in [-0.25, -0.2) is 14.8 Å². The third-order valence-corrected chi connectivity index (χ3v) is 3.90. The zero-order valence-corrected chi connectivity index (χ0v) is 11.9. The minimum absolute atomic E-state index is 0.0977. The Morgan fingerprint density at radius 2 is 2.10 bits per heavy atom. The molecule has 7 nitrogen and oxygen atoms in total. The van der Waals surface area contributed by atoms with Gasteiger partial charge in [-0.15, -0.1) is 11.3 Å². The maximum atomic E-state index is 11.1. The number of nitrogens with zero attached hydrogens (tertiary/aromatic N) is 2. The number of hydrogen-bond acceptors (Lipinski definition) is 6. The average Bonchev–Trinajstić information content (AvgIpc) is 2.73. The van der Waals surface area contributed by atoms with E-state index in [2.05, 4.69) is 20.6 Å². The Labute approximate surface area is 119 Å². The first-order chi connectivity index (χ1) is 9.50. The van der Waals surface area contributed by atoms with Crippen LogP contribution >= 0.6 is 11.3 Å². The van der Waals surface area contributed by atoms with Gasteiger partial charge in [0.1, 0.15) is 21.9 Å². The molecule has 0 radical (unpaired) electrons. The van der Waals surface area contributed by atoms with Gasteiger partial charge < -0.3 is 15.7 Å². The van der Waals surface area contributed by atoms with E-state index in [9.17, 15) is 9.59 Å². The van der Waals surface area contributed by atoms with E-state index in [4.69, 9.17) is 5.11 Å². The zero-order chi connectivity index (χ0) is 14.7. The molecule has 3 N–H and O–H groups in total. The van der Waals surface area contributed by atoms with Crippen LogP contribution in [0.1, 0.15) is 22.2 Å². The monoisotopic (exact) mass is 294 g/mol. The Hall–Kier alpha value is -2.22. The molecule has 0 spiro atoms. The lowest BCUT2D eigenvalue weighted by atomic mass is 10.2. The van der Waals surface area contributed by atoms with Crippen LogP contribution in [0.25, 0.3) is 10.2 Å². The van der Waals surface area contributed by atoms with Gasteiger partial charge >= 0.3 is 5.97 Å². The zero-order valence-electron chi connectivity index (χ0n) is 11.1. The van der Waals surface area contributed by atoms with Crippen molar-refractivity contribution in [2.24, 2.45) is 0 Å². The van der Waals surface area contributed by atoms with E-state index in [0.717, 1.165) is 16.7 Å². The molecule has 0 aromatic carbocycles. The molecule has 0 aliphatic carbocycles. The lowest BCUT2D eigenvalue weighted by molar-refractivity contribution is -0.118. The number of hydrogen-bond donors (Lipinski definition) is 3. The number of fused-ring (bicyclic) bond motifs is 1. The van der Waals surface area contributed by atoms with Crippen LogP contribution in [0.5, 0.6) is 0 Å². The van der Waals surface area contributed by atoms with Crippen LogP contribution in [0.2, 0.25) is 0 Å². The highest BCUT2D eigenvalue weighted by Crippen LogP contribution is 2.32. The molecule has 0 saturated carbocycles. The second-order valence-corrected chi connectivity index (χ2v) is 5.17. The lowest BCUT2D eigenvalue weighted by Crippen LogP contribution is -2.26. The molecular weight excluding hydrogens is 280 g/mol. The number of anilines is 1. The van der Waals surface area contributed by atoms with Gasteiger partial charge in [0.2, 0.25) is 5.91 Å². The predicted molar refractivity (Wildman–Crippen MR) is 76.3 cm³/mol. The van der Waals surface area contributed by atoms with Crippen LogP contribution in [0.4, 0.5) is 5.82 Å². The van der Waals surface area contributed by atoms with Crippen molar-refractivity contribution in [3.63, 3.8) is 0 Å². The van der Waals surface area contributed by atoms with E-state index in [0.29, 0.717) is 29.3 Å². The summed E-state index contributed by atoms with van der Waals surface area (Å²) in [5, 5.41) is 15.6. The molecule has 0 fully saturated rings. The Morgan fingerprint density at radius 3 is 2.75 bits per heavy atom. The smallest absolute Gasteiger partial charge is 0.346 e. The number of nitrogens with one attached hydrogen (secondary N) is 2. The van der Waals surface area contributed by atoms with Crippen molar-refractivity contribution in [1.82, 2.24) is 15.3 Å². The SMILES string of the molecule is CC(=O)NCCNc1ncnc2sc(C(=O)O)c(C)c12. The molecule has 2 rings (SSSR count). The van der Waals surface area contributed by atoms with Gasteiger partial charge in [0.05, 0.1) is 5.39 Å². The highest BCUT2D eigenvalue weighted by molar-refractivity contribution is 7.20. The van der Waals surface area contributed by atoms with E-state index in [-0.39, 0.29) is 10.8 Å². The molecule has 0 bridgehead atoms. The van der Waals surface area contributed by atoms with E-state index in [1.165, 1.54) is 13.3 Å². The van der Waals surface area contributed by atoms with E-state index >= 15 is 0 Å². The average molecular weight is 294 g/mol. The van der Waals surface area contributed by atoms with Crippen LogP contribution in [0.15, 0.2) is 6.33 Å². The topological polar surface area (TPSA) is 104 Å². The fourth-order valence-corrected chi connectivity index (χ4v) is 2.82. The molecular formula is C12H14N4O3S. The maximum Gasteiger partial charge on any atom is 0.346 e. The second-order valence-electron chi connectivity index (χ2n) is 4.17. The van der Waals surface area contributed by atoms with Gasteiger partial charge in [0.25, 0.3) is 0 Å². The summed E-state index contributed by atoms with van der Waals surface area (Å²) >= 11 is 1.13. The van der Waals surface area contributed by atoms with E-state index in [1.807, 2.05) is 0 Å². The van der Waals surface area contributed by atoms with Crippen LogP contribution < -0.4 is 10.6 Å². The highest BCUT2D eigenvalue weighted by atomic mass is 32.1. The minimum Gasteiger partial charge on any atom is -0.477 e. The van der Waals surface area contributed by atoms with Gasteiger partial charge in [-0.3, -0.25) is 4.79 Å². The number of carboxylic acids is 1. The summed E-state index contributed by atoms with van der Waals surface area (Å²) in [6.45, 7) is 4.16. The number of amides is 1. The summed E-state index contributed by atoms with van der Waals surface area (Å²) in [7, 11) is 0. The molecule has 0 atom stereocenters. The van der Waals surface area contributed by atoms with Gasteiger partial charge in [0.15, 0.2) is 0 Å². The number of carbonyl (C=O) groups excluding carboxylic acids is 1. The van der Waals surface area contributed by atoms with E-state index in [1.54, 1.807) is 6.92 Å². The van der Waals surface area contributed by atoms with Crippen molar-refractivity contribution in [2.45, 2.75) is 13.8 Å². The number of rotatable bonds is 5. The Balaban J connectivity index is 2.25. The molecule has 0 unspecified atom stereocenters. The predicted octanol–water partition coefficient (Wildman–Crippen LogP) is 1.25. The normalized spacial score (nSPS) is 10.5. The first kappa shape index (κ1) is 14.2. The molecule has 8 heteroatoms. The van der Waals surface area contributed by atoms with Gasteiger partial charge in [0, 0.05) is 20.0 Å². The fourth-order valence-electron chi connectivity index (χ4n) is 1.83. The Morgan fingerprint density at radius 1 is 1.35 bits per heavy atom. The van der Waals surface area contributed by atoms with Crippen LogP contribution in [0, 0.1) is 6.92 Å². The molecule has 2 aromatic heterocycles. The van der Waals surface area contributed by atoms with Crippen molar-refractivity contribution in [1.29, 1.82) is 0 Å². The quantitative estimate of drug-likeness (QED) is 0.717. The van der Waals surface area contributed by atoms with Gasteiger partial charge in [-0.05, 0) is 12.5 Å². The lowest BCUT2D eigenvalue weighted by Gasteiger charge is -2.07. The Bertz CT molecular complexity index is 668. The first-order valence-corrected chi connectivity index (χ1v) is 6.78. The standard InChI is InChI=1S/C12H14N4O3S/c1-6-8-10(14-4-3-13-7(2)17)15-5-16-11(8)20-9(6)12(18)19/h5H,3-4H2,1-2H3,(H,13,17)(H,18,19)(H,14,15,16). The summed E-state index contributed by atoms with van der Waals surface area (Å²) in [6, 6.07) is 0. The largest absolute Gasteiger partial charge is 0.477 e. The van der Waals surface area contributed by atoms with Crippen molar-refractivity contribution in [3.05, 3.63) is 16.8 Å². The molecule has 1 amide bonds. The molecule has 20 heavy (non-hydrogen) atoms. The van der Waals surface area contributed by atoms with Crippen molar-refractivity contribution in [2.75, 3.05) is 18.4 Å². The maximum absolute atomic E-state index is 11.1. The third kappa shape index (κ3) is 2.85. The highest BCUT2D eigenvalue weighted by Gasteiger charge is 2.18. The number of aromatic carboxylic acids is 1. The molecule has 106 valence electrons. The summed E-state index contributed by atoms with van der Waals surface area (Å²) in [5.74, 6) is -0.476. The molecule has 0 saturated heterocycles. The molecule has 0 aliphatic heterocycles. The van der Waals surface area contributed by atoms with Crippen LogP contribution in [-0.2, 0) is 4.79 Å². The van der Waals surface area contributed by atoms with Crippen molar-refractivity contribution < 1.29 is 14.7 Å². The molecule has 0 aliphatic rings. The summed E-state index contributed by atoms with van der Waals surface area (Å²) in [5.41, 5.74) is 0.653. The van der Waals surface area contributed by atoms with Crippen LogP contribution in [-0.4, -0.2) is 40.0 Å². The third-order valence-electron chi connectivity index (χ3n) is 2.71. The van der Waals surface area contributed by atoms with Gasteiger partial charge in [-0.2, -0.15) is 0 Å².